The Hall–Kier alpha value is -0.630. The molecule has 1 aromatic heterocycles. The smallest absolute Gasteiger partial charge is 0.106 e. The lowest BCUT2D eigenvalue weighted by atomic mass is 10.7. The number of hydrogen-bond acceptors (Lipinski definition) is 2. The van der Waals surface area contributed by atoms with Gasteiger partial charge in [0.2, 0.25) is 0 Å². The number of thiophene rings is 1. The van der Waals surface area contributed by atoms with E-state index in [0.29, 0.717) is 0 Å². The quantitative estimate of drug-likeness (QED) is 0.526. The zero-order chi connectivity index (χ0) is 5.54. The Morgan fingerprint density at radius 2 is 1.50 bits per heavy atom. The largest absolute Gasteiger partial charge is 0.307 e. The second kappa shape index (κ2) is 9.62. The van der Waals surface area contributed by atoms with Crippen LogP contribution in [-0.4, -0.2) is 6.79 Å². The van der Waals surface area contributed by atoms with Crippen LogP contribution in [0.3, 0.4) is 0 Å². The van der Waals surface area contributed by atoms with Crippen molar-refractivity contribution in [3.8, 4) is 0 Å². The van der Waals surface area contributed by atoms with Gasteiger partial charge in [-0.05, 0) is 10.8 Å². The summed E-state index contributed by atoms with van der Waals surface area (Å²) in [4.78, 5) is 8.00. The number of carbonyl (C=O) groups excluding carboxylic acids is 1. The van der Waals surface area contributed by atoms with Gasteiger partial charge in [-0.25, -0.2) is 0 Å². The van der Waals surface area contributed by atoms with Gasteiger partial charge < -0.3 is 4.79 Å². The molecule has 0 unspecified atom stereocenters. The van der Waals surface area contributed by atoms with Crippen LogP contribution in [0.15, 0.2) is 22.9 Å². The minimum absolute atomic E-state index is 0. The van der Waals surface area contributed by atoms with Crippen molar-refractivity contribution in [3.05, 3.63) is 22.9 Å². The Balaban J connectivity index is 0. The van der Waals surface area contributed by atoms with Gasteiger partial charge in [0.15, 0.2) is 0 Å². The highest BCUT2D eigenvalue weighted by Crippen LogP contribution is 1.91. The monoisotopic (exact) mass is 130 g/mol. The maximum absolute atomic E-state index is 8.00. The molecule has 0 atom stereocenters. The standard InChI is InChI=1S/C4H4S.CH2O.CH4/c1-2-4-5-3-1;1-2;/h1-4H;1H2;1H4. The lowest BCUT2D eigenvalue weighted by molar-refractivity contribution is -0.0979. The highest BCUT2D eigenvalue weighted by atomic mass is 32.1. The number of hydrogen-bond donors (Lipinski definition) is 0. The lowest BCUT2D eigenvalue weighted by Crippen LogP contribution is -1.16. The summed E-state index contributed by atoms with van der Waals surface area (Å²) in [5.41, 5.74) is 0. The molecule has 1 heterocycles. The Bertz CT molecular complexity index is 75.4. The third-order valence-corrected chi connectivity index (χ3v) is 1.05. The molecule has 0 fully saturated rings. The highest BCUT2D eigenvalue weighted by molar-refractivity contribution is 7.07. The fourth-order valence-corrected chi connectivity index (χ4v) is 0.680. The van der Waals surface area contributed by atoms with Crippen molar-refractivity contribution in [3.63, 3.8) is 0 Å². The summed E-state index contributed by atoms with van der Waals surface area (Å²) in [7, 11) is 0. The second-order valence-corrected chi connectivity index (χ2v) is 1.61. The normalized spacial score (nSPS) is 5.50. The van der Waals surface area contributed by atoms with Gasteiger partial charge in [-0.1, -0.05) is 19.6 Å². The molecule has 0 bridgehead atoms. The van der Waals surface area contributed by atoms with Crippen molar-refractivity contribution < 1.29 is 4.79 Å². The molecule has 1 nitrogen and oxygen atoms in total. The van der Waals surface area contributed by atoms with Crippen LogP contribution in [-0.2, 0) is 4.79 Å². The molecule has 0 aliphatic rings. The van der Waals surface area contributed by atoms with E-state index in [1.165, 1.54) is 0 Å². The third-order valence-electron chi connectivity index (χ3n) is 0.425. The van der Waals surface area contributed by atoms with Crippen molar-refractivity contribution >= 4 is 18.1 Å². The summed E-state index contributed by atoms with van der Waals surface area (Å²) >= 11 is 1.71. The van der Waals surface area contributed by atoms with E-state index < -0.39 is 0 Å². The molecule has 0 aromatic carbocycles. The molecule has 0 aliphatic heterocycles. The summed E-state index contributed by atoms with van der Waals surface area (Å²) in [6.07, 6.45) is 0. The van der Waals surface area contributed by atoms with Crippen LogP contribution in [0.2, 0.25) is 0 Å². The van der Waals surface area contributed by atoms with Crippen LogP contribution in [0.4, 0.5) is 0 Å². The average molecular weight is 130 g/mol. The van der Waals surface area contributed by atoms with E-state index in [1.807, 2.05) is 29.7 Å². The van der Waals surface area contributed by atoms with Crippen molar-refractivity contribution in [2.24, 2.45) is 0 Å². The molecular formula is C6H10OS. The van der Waals surface area contributed by atoms with Gasteiger partial charge in [-0.15, -0.1) is 0 Å². The Morgan fingerprint density at radius 1 is 1.12 bits per heavy atom. The predicted molar refractivity (Wildman–Crippen MR) is 38.2 cm³/mol. The molecule has 1 aromatic rings. The molecule has 0 amide bonds. The molecule has 0 spiro atoms. The van der Waals surface area contributed by atoms with E-state index >= 15 is 0 Å². The first-order valence-electron chi connectivity index (χ1n) is 1.76. The van der Waals surface area contributed by atoms with Gasteiger partial charge >= 0.3 is 0 Å². The maximum Gasteiger partial charge on any atom is 0.106 e. The van der Waals surface area contributed by atoms with Gasteiger partial charge in [-0.2, -0.15) is 11.3 Å². The topological polar surface area (TPSA) is 17.1 Å². The highest BCUT2D eigenvalue weighted by Gasteiger charge is 1.58. The Kier molecular flexibility index (Phi) is 12.5. The molecule has 0 radical (unpaired) electrons. The fourth-order valence-electron chi connectivity index (χ4n) is 0.227. The number of carbonyl (C=O) groups is 1. The Morgan fingerprint density at radius 3 is 1.62 bits per heavy atom. The molecule has 1 rings (SSSR count). The Labute approximate surface area is 54.0 Å². The van der Waals surface area contributed by atoms with Crippen molar-refractivity contribution in [2.75, 3.05) is 0 Å². The SMILES string of the molecule is C.C=O.c1ccsc1. The van der Waals surface area contributed by atoms with E-state index in [0.717, 1.165) is 0 Å². The van der Waals surface area contributed by atoms with Gasteiger partial charge in [-0.3, -0.25) is 0 Å². The second-order valence-electron chi connectivity index (χ2n) is 0.793. The van der Waals surface area contributed by atoms with Crippen LogP contribution >= 0.6 is 11.3 Å². The first kappa shape index (κ1) is 10.4. The maximum atomic E-state index is 8.00. The zero-order valence-electron chi connectivity index (χ0n) is 3.83. The van der Waals surface area contributed by atoms with Crippen LogP contribution in [0.1, 0.15) is 7.43 Å². The third kappa shape index (κ3) is 5.37. The fraction of sp³-hybridized carbons (Fsp3) is 0.167. The molecule has 8 heavy (non-hydrogen) atoms. The summed E-state index contributed by atoms with van der Waals surface area (Å²) in [5.74, 6) is 0. The van der Waals surface area contributed by atoms with E-state index in [-0.39, 0.29) is 7.43 Å². The van der Waals surface area contributed by atoms with Crippen molar-refractivity contribution in [2.45, 2.75) is 7.43 Å². The minimum Gasteiger partial charge on any atom is -0.307 e. The van der Waals surface area contributed by atoms with Crippen LogP contribution in [0.5, 0.6) is 0 Å². The van der Waals surface area contributed by atoms with Gasteiger partial charge in [0.25, 0.3) is 0 Å². The van der Waals surface area contributed by atoms with E-state index in [1.54, 1.807) is 11.3 Å². The molecule has 0 saturated heterocycles. The first-order chi connectivity index (χ1) is 3.50. The number of rotatable bonds is 0. The van der Waals surface area contributed by atoms with E-state index in [2.05, 4.69) is 0 Å². The first-order valence-corrected chi connectivity index (χ1v) is 2.70. The predicted octanol–water partition coefficient (Wildman–Crippen LogP) is 2.20. The van der Waals surface area contributed by atoms with Crippen LogP contribution in [0, 0.1) is 0 Å². The summed E-state index contributed by atoms with van der Waals surface area (Å²) in [6, 6.07) is 4.04. The molecule has 46 valence electrons. The molecular weight excluding hydrogens is 120 g/mol. The lowest BCUT2D eigenvalue weighted by Gasteiger charge is -1.39. The zero-order valence-corrected chi connectivity index (χ0v) is 4.65. The summed E-state index contributed by atoms with van der Waals surface area (Å²) in [5, 5.41) is 4.08. The van der Waals surface area contributed by atoms with Crippen molar-refractivity contribution in [1.29, 1.82) is 0 Å². The van der Waals surface area contributed by atoms with Crippen molar-refractivity contribution in [1.82, 2.24) is 0 Å². The van der Waals surface area contributed by atoms with E-state index in [4.69, 9.17) is 4.79 Å². The minimum atomic E-state index is 0. The van der Waals surface area contributed by atoms with Gasteiger partial charge in [0, 0.05) is 0 Å². The van der Waals surface area contributed by atoms with Crippen LogP contribution in [0.25, 0.3) is 0 Å². The van der Waals surface area contributed by atoms with Gasteiger partial charge in [0.1, 0.15) is 6.79 Å². The average Bonchev–Trinajstić information content (AvgIpc) is 2.23. The summed E-state index contributed by atoms with van der Waals surface area (Å²) in [6.45, 7) is 2.00. The molecule has 2 heteroatoms. The summed E-state index contributed by atoms with van der Waals surface area (Å²) < 4.78 is 0. The van der Waals surface area contributed by atoms with Gasteiger partial charge in [0.05, 0.1) is 0 Å². The molecule has 0 aliphatic carbocycles. The molecule has 0 saturated carbocycles. The van der Waals surface area contributed by atoms with E-state index in [9.17, 15) is 0 Å². The molecule has 0 N–H and O–H groups in total. The van der Waals surface area contributed by atoms with Crippen LogP contribution < -0.4 is 0 Å².